The van der Waals surface area contributed by atoms with Crippen LogP contribution in [0.3, 0.4) is 0 Å². The van der Waals surface area contributed by atoms with E-state index in [0.717, 1.165) is 42.6 Å². The van der Waals surface area contributed by atoms with Gasteiger partial charge in [0.1, 0.15) is 5.82 Å². The maximum atomic E-state index is 6.11. The summed E-state index contributed by atoms with van der Waals surface area (Å²) in [4.78, 5) is 14.5. The lowest BCUT2D eigenvalue weighted by atomic mass is 9.78. The Morgan fingerprint density at radius 3 is 2.76 bits per heavy atom. The lowest BCUT2D eigenvalue weighted by molar-refractivity contribution is -0.0836. The third-order valence-electron chi connectivity index (χ3n) is 5.49. The van der Waals surface area contributed by atoms with E-state index in [4.69, 9.17) is 4.74 Å². The molecule has 6 nitrogen and oxygen atoms in total. The SMILES string of the molecule is CN=C(NCC1CCCOC1C(C)(C)C)N(C)Cc1ncc(-c2ccccc2)[nH]1. The van der Waals surface area contributed by atoms with Crippen molar-refractivity contribution in [2.75, 3.05) is 27.2 Å². The molecule has 0 spiro atoms. The molecule has 0 saturated carbocycles. The van der Waals surface area contributed by atoms with Crippen LogP contribution >= 0.6 is 0 Å². The molecule has 1 aliphatic rings. The summed E-state index contributed by atoms with van der Waals surface area (Å²) in [6, 6.07) is 10.3. The van der Waals surface area contributed by atoms with Gasteiger partial charge >= 0.3 is 0 Å². The maximum Gasteiger partial charge on any atom is 0.193 e. The van der Waals surface area contributed by atoms with Gasteiger partial charge in [-0.1, -0.05) is 51.1 Å². The Balaban J connectivity index is 1.58. The van der Waals surface area contributed by atoms with E-state index in [2.05, 4.69) is 58.1 Å². The number of ether oxygens (including phenoxy) is 1. The number of H-pyrrole nitrogens is 1. The number of aromatic nitrogens is 2. The van der Waals surface area contributed by atoms with E-state index in [9.17, 15) is 0 Å². The van der Waals surface area contributed by atoms with Crippen molar-refractivity contribution in [1.82, 2.24) is 20.2 Å². The Morgan fingerprint density at radius 2 is 2.07 bits per heavy atom. The number of aliphatic imine (C=N–C) groups is 1. The highest BCUT2D eigenvalue weighted by atomic mass is 16.5. The van der Waals surface area contributed by atoms with E-state index in [1.165, 1.54) is 6.42 Å². The zero-order chi connectivity index (χ0) is 20.9. The molecule has 2 unspecified atom stereocenters. The van der Waals surface area contributed by atoms with Crippen LogP contribution in [0.1, 0.15) is 39.4 Å². The monoisotopic (exact) mass is 397 g/mol. The first-order valence-electron chi connectivity index (χ1n) is 10.5. The average Bonchev–Trinajstić information content (AvgIpc) is 3.17. The Kier molecular flexibility index (Phi) is 6.96. The zero-order valence-corrected chi connectivity index (χ0v) is 18.4. The van der Waals surface area contributed by atoms with Crippen molar-refractivity contribution in [3.63, 3.8) is 0 Å². The summed E-state index contributed by atoms with van der Waals surface area (Å²) in [5.41, 5.74) is 2.32. The number of nitrogens with one attached hydrogen (secondary N) is 2. The molecule has 1 fully saturated rings. The predicted octanol–water partition coefficient (Wildman–Crippen LogP) is 3.93. The molecule has 1 saturated heterocycles. The summed E-state index contributed by atoms with van der Waals surface area (Å²) in [7, 11) is 3.87. The third kappa shape index (κ3) is 5.60. The summed E-state index contributed by atoms with van der Waals surface area (Å²) in [5, 5.41) is 3.55. The third-order valence-corrected chi connectivity index (χ3v) is 5.49. The van der Waals surface area contributed by atoms with Crippen molar-refractivity contribution >= 4 is 5.96 Å². The zero-order valence-electron chi connectivity index (χ0n) is 18.4. The van der Waals surface area contributed by atoms with Crippen LogP contribution in [-0.2, 0) is 11.3 Å². The topological polar surface area (TPSA) is 65.5 Å². The molecule has 2 atom stereocenters. The highest BCUT2D eigenvalue weighted by Crippen LogP contribution is 2.33. The molecule has 0 aliphatic carbocycles. The Hall–Kier alpha value is -2.34. The van der Waals surface area contributed by atoms with E-state index >= 15 is 0 Å². The number of imidazole rings is 1. The molecule has 2 heterocycles. The summed E-state index contributed by atoms with van der Waals surface area (Å²) in [6.07, 6.45) is 4.48. The molecule has 1 aliphatic heterocycles. The molecule has 0 bridgehead atoms. The molecule has 2 N–H and O–H groups in total. The van der Waals surface area contributed by atoms with Crippen LogP contribution in [-0.4, -0.2) is 54.2 Å². The minimum Gasteiger partial charge on any atom is -0.377 e. The van der Waals surface area contributed by atoms with Gasteiger partial charge in [-0.15, -0.1) is 0 Å². The normalized spacial score (nSPS) is 20.5. The summed E-state index contributed by atoms with van der Waals surface area (Å²) < 4.78 is 6.11. The molecule has 29 heavy (non-hydrogen) atoms. The summed E-state index contributed by atoms with van der Waals surface area (Å²) in [6.45, 7) is 9.19. The molecule has 3 rings (SSSR count). The highest BCUT2D eigenvalue weighted by Gasteiger charge is 2.35. The fourth-order valence-corrected chi connectivity index (χ4v) is 4.12. The lowest BCUT2D eigenvalue weighted by Crippen LogP contribution is -2.47. The van der Waals surface area contributed by atoms with Gasteiger partial charge in [-0.05, 0) is 23.8 Å². The number of rotatable bonds is 5. The molecule has 2 aromatic rings. The number of hydrogen-bond donors (Lipinski definition) is 2. The molecular weight excluding hydrogens is 362 g/mol. The standard InChI is InChI=1S/C23H35N5O/c1-23(2,3)21-18(12-9-13-29-21)14-26-22(24-4)28(5)16-20-25-15-19(27-20)17-10-7-6-8-11-17/h6-8,10-11,15,18,21H,9,12-14,16H2,1-5H3,(H,24,26)(H,25,27). The first-order valence-corrected chi connectivity index (χ1v) is 10.5. The van der Waals surface area contributed by atoms with Crippen molar-refractivity contribution in [2.45, 2.75) is 46.3 Å². The number of hydrogen-bond acceptors (Lipinski definition) is 3. The van der Waals surface area contributed by atoms with Gasteiger partial charge in [0.25, 0.3) is 0 Å². The molecule has 0 amide bonds. The van der Waals surface area contributed by atoms with Crippen LogP contribution in [0.5, 0.6) is 0 Å². The average molecular weight is 398 g/mol. The molecular formula is C23H35N5O. The van der Waals surface area contributed by atoms with E-state index in [-0.39, 0.29) is 11.5 Å². The minimum absolute atomic E-state index is 0.143. The largest absolute Gasteiger partial charge is 0.377 e. The fourth-order valence-electron chi connectivity index (χ4n) is 4.12. The second-order valence-electron chi connectivity index (χ2n) is 8.95. The molecule has 6 heteroatoms. The van der Waals surface area contributed by atoms with Crippen LogP contribution in [0, 0.1) is 11.3 Å². The van der Waals surface area contributed by atoms with E-state index < -0.39 is 0 Å². The van der Waals surface area contributed by atoms with Gasteiger partial charge in [0.15, 0.2) is 5.96 Å². The van der Waals surface area contributed by atoms with Crippen molar-refractivity contribution in [3.8, 4) is 11.3 Å². The van der Waals surface area contributed by atoms with Crippen LogP contribution in [0.4, 0.5) is 0 Å². The molecule has 158 valence electrons. The van der Waals surface area contributed by atoms with Crippen LogP contribution < -0.4 is 5.32 Å². The fraction of sp³-hybridized carbons (Fsp3) is 0.565. The first-order chi connectivity index (χ1) is 13.9. The summed E-state index contributed by atoms with van der Waals surface area (Å²) in [5.74, 6) is 2.28. The first kappa shape index (κ1) is 21.4. The van der Waals surface area contributed by atoms with Crippen molar-refractivity contribution in [1.29, 1.82) is 0 Å². The minimum atomic E-state index is 0.143. The van der Waals surface area contributed by atoms with Crippen molar-refractivity contribution < 1.29 is 4.74 Å². The predicted molar refractivity (Wildman–Crippen MR) is 119 cm³/mol. The maximum absolute atomic E-state index is 6.11. The molecule has 1 aromatic carbocycles. The Morgan fingerprint density at radius 1 is 1.31 bits per heavy atom. The Labute approximate surface area is 174 Å². The van der Waals surface area contributed by atoms with E-state index in [1.807, 2.05) is 38.5 Å². The quantitative estimate of drug-likeness (QED) is 0.593. The second-order valence-corrected chi connectivity index (χ2v) is 8.95. The lowest BCUT2D eigenvalue weighted by Gasteiger charge is -2.40. The van der Waals surface area contributed by atoms with Crippen molar-refractivity contribution in [3.05, 3.63) is 42.4 Å². The molecule has 0 radical (unpaired) electrons. The summed E-state index contributed by atoms with van der Waals surface area (Å²) >= 11 is 0. The van der Waals surface area contributed by atoms with Gasteiger partial charge in [-0.2, -0.15) is 0 Å². The van der Waals surface area contributed by atoms with Gasteiger partial charge in [0.2, 0.25) is 0 Å². The van der Waals surface area contributed by atoms with Gasteiger partial charge in [0.05, 0.1) is 24.5 Å². The van der Waals surface area contributed by atoms with Crippen LogP contribution in [0.25, 0.3) is 11.3 Å². The van der Waals surface area contributed by atoms with Crippen LogP contribution in [0.2, 0.25) is 0 Å². The van der Waals surface area contributed by atoms with E-state index in [1.54, 1.807) is 0 Å². The number of aromatic amines is 1. The van der Waals surface area contributed by atoms with Crippen molar-refractivity contribution in [2.24, 2.45) is 16.3 Å². The number of benzene rings is 1. The van der Waals surface area contributed by atoms with E-state index in [0.29, 0.717) is 12.5 Å². The van der Waals surface area contributed by atoms with Gasteiger partial charge in [-0.3, -0.25) is 4.99 Å². The second kappa shape index (κ2) is 9.44. The van der Waals surface area contributed by atoms with Gasteiger partial charge in [-0.25, -0.2) is 4.98 Å². The van der Waals surface area contributed by atoms with Crippen LogP contribution in [0.15, 0.2) is 41.5 Å². The highest BCUT2D eigenvalue weighted by molar-refractivity contribution is 5.79. The smallest absolute Gasteiger partial charge is 0.193 e. The molecule has 1 aromatic heterocycles. The van der Waals surface area contributed by atoms with Gasteiger partial charge in [0, 0.05) is 33.2 Å². The number of guanidine groups is 1. The Bertz CT molecular complexity index is 793. The van der Waals surface area contributed by atoms with Gasteiger partial charge < -0.3 is 19.9 Å². The number of nitrogens with zero attached hydrogens (tertiary/aromatic N) is 3.